The molecule has 38 heavy (non-hydrogen) atoms. The summed E-state index contributed by atoms with van der Waals surface area (Å²) in [5.74, 6) is -0.325. The van der Waals surface area contributed by atoms with Gasteiger partial charge in [0.1, 0.15) is 30.5 Å². The Kier molecular flexibility index (Phi) is 7.15. The normalized spacial score (nSPS) is 23.8. The van der Waals surface area contributed by atoms with Crippen LogP contribution in [0.4, 0.5) is 4.39 Å². The van der Waals surface area contributed by atoms with Gasteiger partial charge in [0.2, 0.25) is 11.6 Å². The molecule has 0 aliphatic carbocycles. The van der Waals surface area contributed by atoms with Gasteiger partial charge in [-0.25, -0.2) is 19.7 Å². The summed E-state index contributed by atoms with van der Waals surface area (Å²) in [4.78, 5) is 26.1. The lowest BCUT2D eigenvalue weighted by Gasteiger charge is -2.29. The number of hydrogen-bond acceptors (Lipinski definition) is 7. The number of carbonyl (C=O) groups is 1. The number of hydroxylamine groups is 1. The molecule has 2 aliphatic rings. The molecule has 8 nitrogen and oxygen atoms in total. The topological polar surface area (TPSA) is 100 Å². The zero-order valence-corrected chi connectivity index (χ0v) is 21.5. The Bertz CT molecular complexity index is 1350. The third-order valence-corrected chi connectivity index (χ3v) is 7.13. The van der Waals surface area contributed by atoms with E-state index in [9.17, 15) is 14.3 Å². The van der Waals surface area contributed by atoms with E-state index in [-0.39, 0.29) is 24.2 Å². The standard InChI is InChI=1S/C27H28B2FN4O4/c1-15(2)24(22-13-23(29-28)32-37-22)26(36)34-14-18(35)12-21(34)25-31-27(3,38-33-25)17-10-8-16(9-11-17)19-6-4-5-7-20(19)30/h4-11,13,15,18,21,24,35H,12,14H2,1-3H3,(H,31,33). The summed E-state index contributed by atoms with van der Waals surface area (Å²) in [6, 6.07) is 15.1. The fourth-order valence-electron chi connectivity index (χ4n) is 5.11. The maximum atomic E-state index is 14.2. The molecule has 4 atom stereocenters. The van der Waals surface area contributed by atoms with E-state index < -0.39 is 23.8 Å². The molecule has 0 spiro atoms. The van der Waals surface area contributed by atoms with Gasteiger partial charge in [0.25, 0.3) is 0 Å². The van der Waals surface area contributed by atoms with Crippen LogP contribution >= 0.6 is 0 Å². The van der Waals surface area contributed by atoms with E-state index in [0.717, 1.165) is 11.1 Å². The number of aliphatic hydroxyl groups is 1. The number of rotatable bonds is 7. The van der Waals surface area contributed by atoms with Crippen molar-refractivity contribution in [1.82, 2.24) is 15.5 Å². The second-order valence-corrected chi connectivity index (χ2v) is 10.2. The highest BCUT2D eigenvalue weighted by molar-refractivity contribution is 6.97. The van der Waals surface area contributed by atoms with E-state index in [2.05, 4.69) is 10.6 Å². The summed E-state index contributed by atoms with van der Waals surface area (Å²) in [7, 11) is 6.86. The summed E-state index contributed by atoms with van der Waals surface area (Å²) < 4.78 is 19.6. The van der Waals surface area contributed by atoms with Crippen LogP contribution in [-0.2, 0) is 15.4 Å². The highest BCUT2D eigenvalue weighted by Crippen LogP contribution is 2.35. The maximum Gasteiger partial charge on any atom is 0.234 e. The van der Waals surface area contributed by atoms with Crippen molar-refractivity contribution >= 4 is 32.2 Å². The van der Waals surface area contributed by atoms with Gasteiger partial charge >= 0.3 is 0 Å². The smallest absolute Gasteiger partial charge is 0.234 e. The first-order valence-corrected chi connectivity index (χ1v) is 12.6. The van der Waals surface area contributed by atoms with Crippen molar-refractivity contribution in [1.29, 1.82) is 0 Å². The van der Waals surface area contributed by atoms with Gasteiger partial charge < -0.3 is 14.5 Å². The van der Waals surface area contributed by atoms with Crippen LogP contribution in [0.25, 0.3) is 11.1 Å². The number of amides is 1. The fourth-order valence-corrected chi connectivity index (χ4v) is 5.11. The van der Waals surface area contributed by atoms with Crippen molar-refractivity contribution in [3.8, 4) is 11.1 Å². The van der Waals surface area contributed by atoms with Crippen LogP contribution in [0, 0.1) is 11.7 Å². The van der Waals surface area contributed by atoms with Gasteiger partial charge in [-0.15, -0.1) is 0 Å². The lowest BCUT2D eigenvalue weighted by Crippen LogP contribution is -2.46. The third-order valence-electron chi connectivity index (χ3n) is 7.13. The summed E-state index contributed by atoms with van der Waals surface area (Å²) >= 11 is 0. The van der Waals surface area contributed by atoms with E-state index in [1.165, 1.54) is 13.2 Å². The number of aromatic nitrogens is 1. The maximum absolute atomic E-state index is 14.2. The Labute approximate surface area is 222 Å². The Morgan fingerprint density at radius 2 is 2.00 bits per heavy atom. The number of likely N-dealkylation sites (tertiary alicyclic amines) is 1. The Morgan fingerprint density at radius 1 is 1.26 bits per heavy atom. The first kappa shape index (κ1) is 26.2. The molecule has 2 aliphatic heterocycles. The molecule has 3 heterocycles. The highest BCUT2D eigenvalue weighted by Gasteiger charge is 2.45. The molecule has 11 heteroatoms. The van der Waals surface area contributed by atoms with Gasteiger partial charge in [-0.1, -0.05) is 61.5 Å². The molecule has 1 aromatic heterocycles. The molecule has 1 amide bonds. The van der Waals surface area contributed by atoms with Crippen LogP contribution in [-0.4, -0.2) is 60.5 Å². The van der Waals surface area contributed by atoms with Gasteiger partial charge in [0.15, 0.2) is 0 Å². The Balaban J connectivity index is 1.39. The van der Waals surface area contributed by atoms with Crippen LogP contribution < -0.4 is 11.1 Å². The number of hydrogen-bond donors (Lipinski definition) is 2. The Hall–Kier alpha value is -3.43. The van der Waals surface area contributed by atoms with Gasteiger partial charge in [0, 0.05) is 37.4 Å². The van der Waals surface area contributed by atoms with Crippen LogP contribution in [0.2, 0.25) is 0 Å². The fraction of sp³-hybridized carbons (Fsp3) is 0.370. The number of nitrogens with one attached hydrogen (secondary N) is 1. The molecule has 0 bridgehead atoms. The van der Waals surface area contributed by atoms with Crippen molar-refractivity contribution in [3.05, 3.63) is 71.7 Å². The van der Waals surface area contributed by atoms with Crippen LogP contribution in [0.5, 0.6) is 0 Å². The van der Waals surface area contributed by atoms with Gasteiger partial charge in [-0.3, -0.25) is 4.79 Å². The van der Waals surface area contributed by atoms with Crippen LogP contribution in [0.1, 0.15) is 44.4 Å². The zero-order valence-electron chi connectivity index (χ0n) is 21.5. The molecule has 3 aromatic rings. The van der Waals surface area contributed by atoms with E-state index in [0.29, 0.717) is 29.2 Å². The van der Waals surface area contributed by atoms with Crippen molar-refractivity contribution in [2.45, 2.75) is 51.0 Å². The number of carbonyl (C=O) groups excluding carboxylic acids is 1. The molecule has 1 saturated heterocycles. The van der Waals surface area contributed by atoms with Gasteiger partial charge in [-0.2, -0.15) is 0 Å². The summed E-state index contributed by atoms with van der Waals surface area (Å²) in [6.07, 6.45) is -0.400. The van der Waals surface area contributed by atoms with Gasteiger partial charge in [-0.05, 0) is 30.5 Å². The second kappa shape index (κ2) is 10.4. The summed E-state index contributed by atoms with van der Waals surface area (Å²) in [5.41, 5.74) is 4.28. The molecule has 0 saturated carbocycles. The molecule has 193 valence electrons. The first-order chi connectivity index (χ1) is 18.2. The molecule has 4 unspecified atom stereocenters. The van der Waals surface area contributed by atoms with E-state index in [1.807, 2.05) is 38.1 Å². The first-order valence-electron chi connectivity index (χ1n) is 12.6. The van der Waals surface area contributed by atoms with Crippen molar-refractivity contribution < 1.29 is 23.7 Å². The Morgan fingerprint density at radius 3 is 2.66 bits per heavy atom. The number of aliphatic hydroxyl groups excluding tert-OH is 1. The summed E-state index contributed by atoms with van der Waals surface area (Å²) in [5, 5.41) is 14.4. The predicted molar refractivity (Wildman–Crippen MR) is 142 cm³/mol. The van der Waals surface area contributed by atoms with Crippen molar-refractivity contribution in [2.75, 3.05) is 6.54 Å². The zero-order chi connectivity index (χ0) is 27.0. The lowest BCUT2D eigenvalue weighted by molar-refractivity contribution is -0.134. The second-order valence-electron chi connectivity index (χ2n) is 10.2. The van der Waals surface area contributed by atoms with E-state index in [4.69, 9.17) is 22.1 Å². The van der Waals surface area contributed by atoms with Crippen molar-refractivity contribution in [3.63, 3.8) is 0 Å². The minimum atomic E-state index is -1.07. The monoisotopic (exact) mass is 513 g/mol. The number of halogens is 1. The third kappa shape index (κ3) is 4.88. The molecular weight excluding hydrogens is 485 g/mol. The minimum Gasteiger partial charge on any atom is -0.391 e. The number of benzene rings is 2. The summed E-state index contributed by atoms with van der Waals surface area (Å²) in [6.45, 7) is 5.81. The molecule has 5 rings (SSSR count). The molecule has 3 radical (unpaired) electrons. The number of nitrogens with zero attached hydrogens (tertiary/aromatic N) is 3. The quantitative estimate of drug-likeness (QED) is 0.471. The average molecular weight is 513 g/mol. The number of amidine groups is 1. The molecule has 2 N–H and O–H groups in total. The van der Waals surface area contributed by atoms with Crippen molar-refractivity contribution in [2.24, 2.45) is 10.9 Å². The van der Waals surface area contributed by atoms with Crippen LogP contribution in [0.3, 0.4) is 0 Å². The number of β-amino-alcohol motifs (C(OH)–C–C–N with tert-alkyl or cyclic N) is 1. The van der Waals surface area contributed by atoms with Gasteiger partial charge in [0.05, 0.1) is 12.1 Å². The lowest BCUT2D eigenvalue weighted by atomic mass is 9.53. The average Bonchev–Trinajstić information content (AvgIpc) is 3.63. The molecule has 1 fully saturated rings. The molecule has 2 aromatic carbocycles. The van der Waals surface area contributed by atoms with Crippen LogP contribution in [0.15, 0.2) is 64.1 Å². The largest absolute Gasteiger partial charge is 0.391 e. The predicted octanol–water partition coefficient (Wildman–Crippen LogP) is 2.40. The molecular formula is C27H28B2FN4O4. The van der Waals surface area contributed by atoms with E-state index >= 15 is 0 Å². The SMILES string of the molecule is [B][B]c1cc(C(C(=O)N2CC(O)CC2C2=NC(C)(c3ccc(-c4ccccc4F)cc3)ON2)C(C)C)on1. The minimum absolute atomic E-state index is 0.0903. The van der Waals surface area contributed by atoms with E-state index in [1.54, 1.807) is 36.1 Å². The number of aliphatic imine (C=N–C) groups is 1. The highest BCUT2D eigenvalue weighted by atomic mass is 19.1.